The largest absolute Gasteiger partial charge is 0.508 e. The van der Waals surface area contributed by atoms with E-state index in [1.54, 1.807) is 24.4 Å². The van der Waals surface area contributed by atoms with Gasteiger partial charge >= 0.3 is 0 Å². The van der Waals surface area contributed by atoms with Crippen molar-refractivity contribution in [3.05, 3.63) is 30.7 Å². The molecule has 3 rings (SSSR count). The first-order valence-corrected chi connectivity index (χ1v) is 4.41. The zero-order valence-electron chi connectivity index (χ0n) is 7.64. The van der Waals surface area contributed by atoms with Crippen LogP contribution in [0.4, 0.5) is 0 Å². The number of aromatic amines is 1. The van der Waals surface area contributed by atoms with E-state index in [1.807, 2.05) is 0 Å². The molecule has 0 atom stereocenters. The molecule has 0 aliphatic rings. The van der Waals surface area contributed by atoms with Crippen molar-refractivity contribution in [2.75, 3.05) is 0 Å². The van der Waals surface area contributed by atoms with Crippen LogP contribution in [0.5, 0.6) is 5.75 Å². The van der Waals surface area contributed by atoms with Crippen LogP contribution in [-0.2, 0) is 0 Å². The second-order valence-electron chi connectivity index (χ2n) is 3.22. The Morgan fingerprint density at radius 2 is 2.27 bits per heavy atom. The third kappa shape index (κ3) is 1.17. The van der Waals surface area contributed by atoms with Gasteiger partial charge < -0.3 is 9.63 Å². The van der Waals surface area contributed by atoms with Crippen LogP contribution in [0, 0.1) is 0 Å². The minimum absolute atomic E-state index is 0.210. The lowest BCUT2D eigenvalue weighted by Crippen LogP contribution is -1.74. The van der Waals surface area contributed by atoms with E-state index >= 15 is 0 Å². The molecular formula is C10H7N3O2. The Balaban J connectivity index is 2.32. The maximum Gasteiger partial charge on any atom is 0.133 e. The van der Waals surface area contributed by atoms with Gasteiger partial charge in [-0.3, -0.25) is 5.10 Å². The summed E-state index contributed by atoms with van der Waals surface area (Å²) in [6, 6.07) is 5.04. The summed E-state index contributed by atoms with van der Waals surface area (Å²) in [4.78, 5) is 0. The first-order valence-electron chi connectivity index (χ1n) is 4.41. The average molecular weight is 201 g/mol. The third-order valence-electron chi connectivity index (χ3n) is 2.25. The van der Waals surface area contributed by atoms with Crippen LogP contribution in [0.15, 0.2) is 35.2 Å². The molecule has 2 N–H and O–H groups in total. The van der Waals surface area contributed by atoms with Gasteiger partial charge in [0.15, 0.2) is 0 Å². The van der Waals surface area contributed by atoms with Crippen LogP contribution in [0.1, 0.15) is 0 Å². The molecule has 0 amide bonds. The first-order chi connectivity index (χ1) is 7.34. The maximum absolute atomic E-state index is 9.39. The second-order valence-corrected chi connectivity index (χ2v) is 3.22. The quantitative estimate of drug-likeness (QED) is 0.630. The van der Waals surface area contributed by atoms with Crippen molar-refractivity contribution in [1.82, 2.24) is 15.4 Å². The Hall–Kier alpha value is -2.30. The predicted molar refractivity (Wildman–Crippen MR) is 53.3 cm³/mol. The van der Waals surface area contributed by atoms with Crippen LogP contribution in [0.2, 0.25) is 0 Å². The van der Waals surface area contributed by atoms with Crippen LogP contribution in [-0.4, -0.2) is 20.5 Å². The summed E-state index contributed by atoms with van der Waals surface area (Å²) >= 11 is 0. The number of hydrogen-bond donors (Lipinski definition) is 2. The van der Waals surface area contributed by atoms with E-state index < -0.39 is 0 Å². The van der Waals surface area contributed by atoms with Gasteiger partial charge in [0.25, 0.3) is 0 Å². The van der Waals surface area contributed by atoms with Crippen molar-refractivity contribution >= 4 is 10.9 Å². The van der Waals surface area contributed by atoms with Gasteiger partial charge in [-0.15, -0.1) is 0 Å². The molecule has 0 saturated heterocycles. The monoisotopic (exact) mass is 201 g/mol. The molecule has 0 aliphatic heterocycles. The highest BCUT2D eigenvalue weighted by Crippen LogP contribution is 2.28. The molecule has 0 bridgehead atoms. The smallest absolute Gasteiger partial charge is 0.133 e. The SMILES string of the molecule is Oc1ccc2[nH]nc(-c3cnoc3)c2c1. The highest BCUT2D eigenvalue weighted by Gasteiger charge is 2.09. The molecule has 1 aromatic carbocycles. The molecule has 2 aromatic heterocycles. The topological polar surface area (TPSA) is 74.9 Å². The molecule has 15 heavy (non-hydrogen) atoms. The molecule has 0 spiro atoms. The van der Waals surface area contributed by atoms with Crippen molar-refractivity contribution in [1.29, 1.82) is 0 Å². The van der Waals surface area contributed by atoms with Gasteiger partial charge in [0, 0.05) is 5.39 Å². The Kier molecular flexibility index (Phi) is 1.53. The summed E-state index contributed by atoms with van der Waals surface area (Å²) in [5.74, 6) is 0.210. The molecule has 3 aromatic rings. The lowest BCUT2D eigenvalue weighted by atomic mass is 10.1. The van der Waals surface area contributed by atoms with E-state index in [9.17, 15) is 5.11 Å². The standard InChI is InChI=1S/C10H7N3O2/c14-7-1-2-9-8(3-7)10(13-12-9)6-4-11-15-5-6/h1-5,14H,(H,12,13). The van der Waals surface area contributed by atoms with Gasteiger partial charge in [-0.2, -0.15) is 5.10 Å². The van der Waals surface area contributed by atoms with Crippen molar-refractivity contribution in [2.45, 2.75) is 0 Å². The number of rotatable bonds is 1. The molecule has 5 heteroatoms. The van der Waals surface area contributed by atoms with E-state index in [-0.39, 0.29) is 5.75 Å². The second kappa shape index (κ2) is 2.84. The molecule has 5 nitrogen and oxygen atoms in total. The van der Waals surface area contributed by atoms with Crippen LogP contribution >= 0.6 is 0 Å². The fourth-order valence-corrected chi connectivity index (χ4v) is 1.54. The minimum atomic E-state index is 0.210. The van der Waals surface area contributed by atoms with E-state index in [2.05, 4.69) is 15.4 Å². The van der Waals surface area contributed by atoms with Crippen LogP contribution in [0.3, 0.4) is 0 Å². The molecule has 74 valence electrons. The third-order valence-corrected chi connectivity index (χ3v) is 2.25. The number of nitrogens with one attached hydrogen (secondary N) is 1. The normalized spacial score (nSPS) is 10.9. The van der Waals surface area contributed by atoms with Gasteiger partial charge in [-0.05, 0) is 18.2 Å². The lowest BCUT2D eigenvalue weighted by molar-refractivity contribution is 0.420. The highest BCUT2D eigenvalue weighted by atomic mass is 16.5. The minimum Gasteiger partial charge on any atom is -0.508 e. The van der Waals surface area contributed by atoms with Crippen molar-refractivity contribution in [3.63, 3.8) is 0 Å². The summed E-state index contributed by atoms with van der Waals surface area (Å²) < 4.78 is 4.75. The summed E-state index contributed by atoms with van der Waals surface area (Å²) in [5.41, 5.74) is 2.37. The molecule has 0 unspecified atom stereocenters. The number of H-pyrrole nitrogens is 1. The highest BCUT2D eigenvalue weighted by molar-refractivity contribution is 5.93. The van der Waals surface area contributed by atoms with E-state index in [0.29, 0.717) is 0 Å². The number of nitrogens with zero attached hydrogens (tertiary/aromatic N) is 2. The lowest BCUT2D eigenvalue weighted by Gasteiger charge is -1.93. The summed E-state index contributed by atoms with van der Waals surface area (Å²) in [7, 11) is 0. The van der Waals surface area contributed by atoms with Crippen molar-refractivity contribution in [2.24, 2.45) is 0 Å². The maximum atomic E-state index is 9.39. The van der Waals surface area contributed by atoms with E-state index in [4.69, 9.17) is 4.52 Å². The predicted octanol–water partition coefficient (Wildman–Crippen LogP) is 1.92. The number of benzene rings is 1. The zero-order chi connectivity index (χ0) is 10.3. The number of aromatic hydroxyl groups is 1. The number of phenolic OH excluding ortho intramolecular Hbond substituents is 1. The fraction of sp³-hybridized carbons (Fsp3) is 0. The average Bonchev–Trinajstić information content (AvgIpc) is 2.83. The van der Waals surface area contributed by atoms with E-state index in [1.165, 1.54) is 6.26 Å². The van der Waals surface area contributed by atoms with E-state index in [0.717, 1.165) is 22.2 Å². The Morgan fingerprint density at radius 3 is 3.07 bits per heavy atom. The number of phenols is 1. The van der Waals surface area contributed by atoms with Gasteiger partial charge in [0.05, 0.1) is 17.3 Å². The molecule has 0 aliphatic carbocycles. The van der Waals surface area contributed by atoms with Gasteiger partial charge in [0.2, 0.25) is 0 Å². The zero-order valence-corrected chi connectivity index (χ0v) is 7.64. The Labute approximate surface area is 84.3 Å². The van der Waals surface area contributed by atoms with Crippen LogP contribution in [0.25, 0.3) is 22.2 Å². The fourth-order valence-electron chi connectivity index (χ4n) is 1.54. The number of aromatic nitrogens is 3. The summed E-state index contributed by atoms with van der Waals surface area (Å²) in [6.07, 6.45) is 3.10. The number of fused-ring (bicyclic) bond motifs is 1. The molecular weight excluding hydrogens is 194 g/mol. The Morgan fingerprint density at radius 1 is 1.33 bits per heavy atom. The molecule has 0 fully saturated rings. The van der Waals surface area contributed by atoms with Crippen molar-refractivity contribution < 1.29 is 9.63 Å². The summed E-state index contributed by atoms with van der Waals surface area (Å²) in [6.45, 7) is 0. The molecule has 0 radical (unpaired) electrons. The van der Waals surface area contributed by atoms with Gasteiger partial charge in [0.1, 0.15) is 17.7 Å². The number of hydrogen-bond acceptors (Lipinski definition) is 4. The summed E-state index contributed by atoms with van der Waals surface area (Å²) in [5, 5.41) is 20.9. The molecule has 0 saturated carbocycles. The van der Waals surface area contributed by atoms with Crippen LogP contribution < -0.4 is 0 Å². The first kappa shape index (κ1) is 8.05. The Bertz CT molecular complexity index is 598. The molecule has 2 heterocycles. The van der Waals surface area contributed by atoms with Gasteiger partial charge in [-0.1, -0.05) is 5.16 Å². The van der Waals surface area contributed by atoms with Gasteiger partial charge in [-0.25, -0.2) is 0 Å². The van der Waals surface area contributed by atoms with Crippen molar-refractivity contribution in [3.8, 4) is 17.0 Å².